The summed E-state index contributed by atoms with van der Waals surface area (Å²) in [6.07, 6.45) is 7.20. The standard InChI is InChI=1S/C27H28N2O5/c1-2-7-24(25(30)28-15-18(26(31)32)14-17-12-13-17)29-27(33)34-16-23-21-10-5-3-8-19(21)20-9-4-6-11-22(20)23/h1,3-6,8-11,17-18,23-24H,7,12-16H2,(H,28,30)(H,29,33)(H,31,32). The van der Waals surface area contributed by atoms with Gasteiger partial charge in [0.05, 0.1) is 5.92 Å². The van der Waals surface area contributed by atoms with Crippen molar-refractivity contribution in [2.75, 3.05) is 13.2 Å². The van der Waals surface area contributed by atoms with E-state index < -0.39 is 29.9 Å². The Bertz CT molecular complexity index is 1070. The lowest BCUT2D eigenvalue weighted by atomic mass is 9.98. The molecule has 0 heterocycles. The molecular weight excluding hydrogens is 432 g/mol. The van der Waals surface area contributed by atoms with E-state index in [0.717, 1.165) is 35.1 Å². The summed E-state index contributed by atoms with van der Waals surface area (Å²) in [5.41, 5.74) is 4.42. The number of amides is 2. The van der Waals surface area contributed by atoms with Crippen molar-refractivity contribution < 1.29 is 24.2 Å². The number of hydrogen-bond donors (Lipinski definition) is 3. The Hall–Kier alpha value is -3.79. The molecule has 2 aromatic carbocycles. The number of carbonyl (C=O) groups is 3. The number of carboxylic acid groups (broad SMARTS) is 1. The maximum Gasteiger partial charge on any atom is 0.407 e. The first kappa shape index (κ1) is 23.4. The van der Waals surface area contributed by atoms with Crippen LogP contribution >= 0.6 is 0 Å². The van der Waals surface area contributed by atoms with Gasteiger partial charge < -0.3 is 20.5 Å². The SMILES string of the molecule is C#CCC(NC(=O)OCC1c2ccccc2-c2ccccc21)C(=O)NCC(CC1CC1)C(=O)O. The first-order valence-electron chi connectivity index (χ1n) is 11.5. The van der Waals surface area contributed by atoms with Gasteiger partial charge in [-0.3, -0.25) is 9.59 Å². The Balaban J connectivity index is 1.34. The second kappa shape index (κ2) is 10.4. The van der Waals surface area contributed by atoms with Crippen LogP contribution in [0.1, 0.15) is 42.7 Å². The van der Waals surface area contributed by atoms with E-state index in [4.69, 9.17) is 11.2 Å². The van der Waals surface area contributed by atoms with Crippen LogP contribution in [-0.4, -0.2) is 42.3 Å². The molecule has 7 heteroatoms. The van der Waals surface area contributed by atoms with Crippen molar-refractivity contribution >= 4 is 18.0 Å². The lowest BCUT2D eigenvalue weighted by molar-refractivity contribution is -0.142. The predicted octanol–water partition coefficient (Wildman–Crippen LogP) is 3.53. The summed E-state index contributed by atoms with van der Waals surface area (Å²) in [4.78, 5) is 36.6. The third-order valence-electron chi connectivity index (χ3n) is 6.46. The summed E-state index contributed by atoms with van der Waals surface area (Å²) >= 11 is 0. The topological polar surface area (TPSA) is 105 Å². The van der Waals surface area contributed by atoms with Crippen LogP contribution in [0.5, 0.6) is 0 Å². The molecule has 2 aromatic rings. The van der Waals surface area contributed by atoms with Gasteiger partial charge >= 0.3 is 12.1 Å². The van der Waals surface area contributed by atoms with E-state index in [1.807, 2.05) is 36.4 Å². The van der Waals surface area contributed by atoms with Crippen LogP contribution in [0, 0.1) is 24.2 Å². The van der Waals surface area contributed by atoms with Gasteiger partial charge in [-0.15, -0.1) is 12.3 Å². The second-order valence-electron chi connectivity index (χ2n) is 8.89. The normalized spacial score (nSPS) is 15.9. The highest BCUT2D eigenvalue weighted by atomic mass is 16.5. The zero-order chi connectivity index (χ0) is 24.1. The molecule has 0 spiro atoms. The largest absolute Gasteiger partial charge is 0.481 e. The molecule has 34 heavy (non-hydrogen) atoms. The quantitative estimate of drug-likeness (QED) is 0.471. The molecule has 0 aromatic heterocycles. The molecule has 2 unspecified atom stereocenters. The van der Waals surface area contributed by atoms with Crippen molar-refractivity contribution in [2.24, 2.45) is 11.8 Å². The molecule has 0 radical (unpaired) electrons. The Morgan fingerprint density at radius 3 is 2.24 bits per heavy atom. The van der Waals surface area contributed by atoms with Crippen LogP contribution in [0.2, 0.25) is 0 Å². The number of hydrogen-bond acceptors (Lipinski definition) is 4. The Labute approximate surface area is 198 Å². The molecule has 1 fully saturated rings. The molecule has 0 bridgehead atoms. The van der Waals surface area contributed by atoms with Gasteiger partial charge in [-0.2, -0.15) is 0 Å². The molecule has 2 atom stereocenters. The number of carbonyl (C=O) groups excluding carboxylic acids is 2. The zero-order valence-electron chi connectivity index (χ0n) is 18.8. The van der Waals surface area contributed by atoms with E-state index in [0.29, 0.717) is 12.3 Å². The fraction of sp³-hybridized carbons (Fsp3) is 0.370. The minimum absolute atomic E-state index is 0.00188. The van der Waals surface area contributed by atoms with Crippen molar-refractivity contribution in [3.63, 3.8) is 0 Å². The smallest absolute Gasteiger partial charge is 0.407 e. The van der Waals surface area contributed by atoms with Gasteiger partial charge in [0.25, 0.3) is 0 Å². The molecule has 0 aliphatic heterocycles. The van der Waals surface area contributed by atoms with Crippen LogP contribution < -0.4 is 10.6 Å². The first-order chi connectivity index (χ1) is 16.5. The minimum atomic E-state index is -1.00. The molecule has 2 aliphatic rings. The minimum Gasteiger partial charge on any atom is -0.481 e. The average Bonchev–Trinajstić information content (AvgIpc) is 3.60. The van der Waals surface area contributed by atoms with Gasteiger partial charge in [0.1, 0.15) is 12.6 Å². The number of benzene rings is 2. The monoisotopic (exact) mass is 460 g/mol. The van der Waals surface area contributed by atoms with Crippen molar-refractivity contribution in [3.05, 3.63) is 59.7 Å². The Morgan fingerprint density at radius 2 is 1.68 bits per heavy atom. The summed E-state index contributed by atoms with van der Waals surface area (Å²) < 4.78 is 5.50. The van der Waals surface area contributed by atoms with Gasteiger partial charge in [-0.1, -0.05) is 61.4 Å². The maximum absolute atomic E-state index is 12.6. The highest BCUT2D eigenvalue weighted by Gasteiger charge is 2.31. The highest BCUT2D eigenvalue weighted by molar-refractivity contribution is 5.86. The van der Waals surface area contributed by atoms with Crippen molar-refractivity contribution in [1.29, 1.82) is 0 Å². The van der Waals surface area contributed by atoms with Crippen molar-refractivity contribution in [1.82, 2.24) is 10.6 Å². The number of ether oxygens (including phenoxy) is 1. The lowest BCUT2D eigenvalue weighted by Crippen LogP contribution is -2.48. The number of fused-ring (bicyclic) bond motifs is 3. The summed E-state index contributed by atoms with van der Waals surface area (Å²) in [7, 11) is 0. The van der Waals surface area contributed by atoms with Crippen LogP contribution in [0.3, 0.4) is 0 Å². The van der Waals surface area contributed by atoms with Crippen molar-refractivity contribution in [2.45, 2.75) is 37.6 Å². The molecule has 176 valence electrons. The fourth-order valence-corrected chi connectivity index (χ4v) is 4.48. The highest BCUT2D eigenvalue weighted by Crippen LogP contribution is 2.44. The summed E-state index contributed by atoms with van der Waals surface area (Å²) in [5.74, 6) is 0.583. The molecule has 3 N–H and O–H groups in total. The molecule has 0 saturated heterocycles. The van der Waals surface area contributed by atoms with E-state index in [2.05, 4.69) is 28.7 Å². The molecule has 2 amide bonds. The van der Waals surface area contributed by atoms with E-state index >= 15 is 0 Å². The number of alkyl carbamates (subject to hydrolysis) is 1. The summed E-state index contributed by atoms with van der Waals surface area (Å²) in [5, 5.41) is 14.5. The molecule has 2 aliphatic carbocycles. The molecule has 7 nitrogen and oxygen atoms in total. The van der Waals surface area contributed by atoms with E-state index in [1.54, 1.807) is 0 Å². The van der Waals surface area contributed by atoms with E-state index in [1.165, 1.54) is 0 Å². The maximum atomic E-state index is 12.6. The summed E-state index contributed by atoms with van der Waals surface area (Å²) in [6, 6.07) is 15.0. The number of terminal acetylenes is 1. The van der Waals surface area contributed by atoms with Gasteiger partial charge in [-0.05, 0) is 34.6 Å². The second-order valence-corrected chi connectivity index (χ2v) is 8.89. The number of nitrogens with one attached hydrogen (secondary N) is 2. The molecule has 1 saturated carbocycles. The third kappa shape index (κ3) is 5.40. The van der Waals surface area contributed by atoms with Crippen LogP contribution in [0.25, 0.3) is 11.1 Å². The third-order valence-corrected chi connectivity index (χ3v) is 6.46. The van der Waals surface area contributed by atoms with Gasteiger partial charge in [0, 0.05) is 18.9 Å². The number of carboxylic acids is 1. The number of aliphatic carboxylic acids is 1. The average molecular weight is 461 g/mol. The van der Waals surface area contributed by atoms with E-state index in [9.17, 15) is 19.5 Å². The summed E-state index contributed by atoms with van der Waals surface area (Å²) in [6.45, 7) is 0.116. The van der Waals surface area contributed by atoms with Crippen LogP contribution in [-0.2, 0) is 14.3 Å². The molecular formula is C27H28N2O5. The lowest BCUT2D eigenvalue weighted by Gasteiger charge is -2.19. The van der Waals surface area contributed by atoms with Crippen LogP contribution in [0.4, 0.5) is 4.79 Å². The predicted molar refractivity (Wildman–Crippen MR) is 127 cm³/mol. The van der Waals surface area contributed by atoms with Gasteiger partial charge in [0.15, 0.2) is 0 Å². The zero-order valence-corrected chi connectivity index (χ0v) is 18.8. The van der Waals surface area contributed by atoms with Crippen molar-refractivity contribution in [3.8, 4) is 23.5 Å². The Morgan fingerprint density at radius 1 is 1.06 bits per heavy atom. The van der Waals surface area contributed by atoms with Crippen LogP contribution in [0.15, 0.2) is 48.5 Å². The van der Waals surface area contributed by atoms with E-state index in [-0.39, 0.29) is 25.5 Å². The first-order valence-corrected chi connectivity index (χ1v) is 11.5. The Kier molecular flexibility index (Phi) is 7.17. The fourth-order valence-electron chi connectivity index (χ4n) is 4.48. The van der Waals surface area contributed by atoms with Gasteiger partial charge in [-0.25, -0.2) is 4.79 Å². The van der Waals surface area contributed by atoms with Gasteiger partial charge in [0.2, 0.25) is 5.91 Å². The number of rotatable bonds is 10. The molecule has 4 rings (SSSR count).